The monoisotopic (exact) mass is 303 g/mol. The number of thioether (sulfide) groups is 1. The number of hydrogen-bond donors (Lipinski definition) is 2. The molecule has 2 N–H and O–H groups in total. The van der Waals surface area contributed by atoms with Crippen molar-refractivity contribution in [3.8, 4) is 0 Å². The molecular formula is C16H21N3OS. The fourth-order valence-corrected chi connectivity index (χ4v) is 4.26. The van der Waals surface area contributed by atoms with Gasteiger partial charge < -0.3 is 9.32 Å². The number of furan rings is 1. The second-order valence-electron chi connectivity index (χ2n) is 5.86. The number of nitrogens with zero attached hydrogens (tertiary/aromatic N) is 1. The summed E-state index contributed by atoms with van der Waals surface area (Å²) in [4.78, 5) is 2.59. The molecule has 2 aromatic rings. The van der Waals surface area contributed by atoms with Crippen LogP contribution in [0.1, 0.15) is 11.8 Å². The molecule has 0 amide bonds. The van der Waals surface area contributed by atoms with Gasteiger partial charge in [0.25, 0.3) is 0 Å². The van der Waals surface area contributed by atoms with Crippen molar-refractivity contribution < 1.29 is 4.42 Å². The highest BCUT2D eigenvalue weighted by Gasteiger charge is 2.32. The molecule has 2 saturated heterocycles. The van der Waals surface area contributed by atoms with Crippen LogP contribution >= 0.6 is 11.8 Å². The van der Waals surface area contributed by atoms with E-state index in [4.69, 9.17) is 4.42 Å². The van der Waals surface area contributed by atoms with Crippen LogP contribution in [0.5, 0.6) is 0 Å². The topological polar surface area (TPSA) is 40.4 Å². The quantitative estimate of drug-likeness (QED) is 0.910. The lowest BCUT2D eigenvalue weighted by atomic mass is 9.99. The van der Waals surface area contributed by atoms with E-state index in [0.717, 1.165) is 24.4 Å². The molecule has 0 aliphatic carbocycles. The number of benzene rings is 1. The summed E-state index contributed by atoms with van der Waals surface area (Å²) in [5.41, 5.74) is 7.69. The summed E-state index contributed by atoms with van der Waals surface area (Å²) in [5.74, 6) is 4.15. The maximum atomic E-state index is 6.05. The van der Waals surface area contributed by atoms with E-state index in [9.17, 15) is 0 Å². The van der Waals surface area contributed by atoms with Crippen molar-refractivity contribution in [2.75, 3.05) is 37.7 Å². The number of hydrogen-bond acceptors (Lipinski definition) is 5. The van der Waals surface area contributed by atoms with E-state index < -0.39 is 0 Å². The molecule has 4 nitrogen and oxygen atoms in total. The Balaban J connectivity index is 1.52. The lowest BCUT2D eigenvalue weighted by Gasteiger charge is -2.29. The van der Waals surface area contributed by atoms with Gasteiger partial charge in [0.1, 0.15) is 11.3 Å². The summed E-state index contributed by atoms with van der Waals surface area (Å²) in [6.07, 6.45) is 0. The largest absolute Gasteiger partial charge is 0.459 e. The van der Waals surface area contributed by atoms with E-state index in [1.54, 1.807) is 0 Å². The molecule has 21 heavy (non-hydrogen) atoms. The molecule has 2 fully saturated rings. The van der Waals surface area contributed by atoms with Gasteiger partial charge in [-0.3, -0.25) is 5.43 Å². The van der Waals surface area contributed by atoms with Crippen molar-refractivity contribution >= 4 is 22.7 Å². The zero-order valence-corrected chi connectivity index (χ0v) is 12.9. The van der Waals surface area contributed by atoms with Gasteiger partial charge >= 0.3 is 0 Å². The summed E-state index contributed by atoms with van der Waals surface area (Å²) in [5, 5.41) is 1.19. The molecule has 2 aliphatic rings. The van der Waals surface area contributed by atoms with Crippen LogP contribution in [0.2, 0.25) is 0 Å². The van der Waals surface area contributed by atoms with Gasteiger partial charge in [-0.05, 0) is 12.1 Å². The molecule has 3 heterocycles. The predicted octanol–water partition coefficient (Wildman–Crippen LogP) is 2.25. The first kappa shape index (κ1) is 13.6. The fourth-order valence-electron chi connectivity index (χ4n) is 3.28. The first-order chi connectivity index (χ1) is 10.4. The van der Waals surface area contributed by atoms with E-state index in [2.05, 4.69) is 45.7 Å². The third kappa shape index (κ3) is 2.83. The van der Waals surface area contributed by atoms with Crippen molar-refractivity contribution in [3.63, 3.8) is 0 Å². The molecule has 112 valence electrons. The first-order valence-electron chi connectivity index (χ1n) is 7.67. The molecule has 1 aromatic carbocycles. The predicted molar refractivity (Wildman–Crippen MR) is 87.3 cm³/mol. The van der Waals surface area contributed by atoms with E-state index in [0.29, 0.717) is 5.92 Å². The number of hydrazine groups is 1. The average molecular weight is 303 g/mol. The van der Waals surface area contributed by atoms with Crippen molar-refractivity contribution in [1.29, 1.82) is 0 Å². The smallest absolute Gasteiger partial charge is 0.134 e. The van der Waals surface area contributed by atoms with Gasteiger partial charge in [-0.25, -0.2) is 5.43 Å². The number of rotatable bonds is 3. The minimum atomic E-state index is 0.270. The Morgan fingerprint density at radius 3 is 2.95 bits per heavy atom. The third-order valence-corrected chi connectivity index (χ3v) is 5.38. The summed E-state index contributed by atoms with van der Waals surface area (Å²) < 4.78 is 6.05. The molecule has 2 aliphatic heterocycles. The van der Waals surface area contributed by atoms with Crippen molar-refractivity contribution in [2.24, 2.45) is 5.92 Å². The van der Waals surface area contributed by atoms with Gasteiger partial charge in [-0.2, -0.15) is 11.8 Å². The van der Waals surface area contributed by atoms with E-state index in [-0.39, 0.29) is 6.04 Å². The van der Waals surface area contributed by atoms with Gasteiger partial charge in [0.05, 0.1) is 6.04 Å². The number of para-hydroxylation sites is 1. The first-order valence-corrected chi connectivity index (χ1v) is 8.82. The molecule has 4 rings (SSSR count). The highest BCUT2D eigenvalue weighted by Crippen LogP contribution is 2.30. The standard InChI is InChI=1S/C16H21N3OS/c1-2-4-14-12(3-1)9-15(20-14)16-13(10-17-18-16)11-19-5-7-21-8-6-19/h1-4,9,13,16-18H,5-8,10-11H2. The molecule has 5 heteroatoms. The van der Waals surface area contributed by atoms with Gasteiger partial charge in [0.2, 0.25) is 0 Å². The van der Waals surface area contributed by atoms with Crippen LogP contribution < -0.4 is 10.9 Å². The van der Waals surface area contributed by atoms with Crippen LogP contribution in [-0.2, 0) is 0 Å². The van der Waals surface area contributed by atoms with Gasteiger partial charge in [0, 0.05) is 49.0 Å². The van der Waals surface area contributed by atoms with E-state index >= 15 is 0 Å². The second-order valence-corrected chi connectivity index (χ2v) is 7.09. The van der Waals surface area contributed by atoms with Crippen LogP contribution in [0, 0.1) is 5.92 Å². The van der Waals surface area contributed by atoms with Crippen molar-refractivity contribution in [3.05, 3.63) is 36.1 Å². The summed E-state index contributed by atoms with van der Waals surface area (Å²) in [7, 11) is 0. The highest BCUT2D eigenvalue weighted by atomic mass is 32.2. The average Bonchev–Trinajstić information content (AvgIpc) is 3.14. The van der Waals surface area contributed by atoms with Crippen LogP contribution in [0.15, 0.2) is 34.7 Å². The number of nitrogens with one attached hydrogen (secondary N) is 2. The Bertz CT molecular complexity index is 575. The molecule has 2 unspecified atom stereocenters. The lowest BCUT2D eigenvalue weighted by molar-refractivity contribution is 0.237. The van der Waals surface area contributed by atoms with Gasteiger partial charge in [-0.1, -0.05) is 18.2 Å². The minimum Gasteiger partial charge on any atom is -0.459 e. The second kappa shape index (κ2) is 6.01. The molecule has 0 radical (unpaired) electrons. The molecule has 1 aromatic heterocycles. The maximum absolute atomic E-state index is 6.05. The van der Waals surface area contributed by atoms with Gasteiger partial charge in [-0.15, -0.1) is 0 Å². The Morgan fingerprint density at radius 1 is 1.24 bits per heavy atom. The lowest BCUT2D eigenvalue weighted by Crippen LogP contribution is -2.38. The normalized spacial score (nSPS) is 27.4. The Morgan fingerprint density at radius 2 is 2.10 bits per heavy atom. The summed E-state index contributed by atoms with van der Waals surface area (Å²) in [6, 6.07) is 10.7. The minimum absolute atomic E-state index is 0.270. The summed E-state index contributed by atoms with van der Waals surface area (Å²) >= 11 is 2.07. The Kier molecular flexibility index (Phi) is 3.90. The van der Waals surface area contributed by atoms with Crippen molar-refractivity contribution in [2.45, 2.75) is 6.04 Å². The van der Waals surface area contributed by atoms with Crippen LogP contribution in [0.3, 0.4) is 0 Å². The molecule has 0 bridgehead atoms. The maximum Gasteiger partial charge on any atom is 0.134 e. The number of fused-ring (bicyclic) bond motifs is 1. The molecular weight excluding hydrogens is 282 g/mol. The van der Waals surface area contributed by atoms with Gasteiger partial charge in [0.15, 0.2) is 0 Å². The van der Waals surface area contributed by atoms with Crippen LogP contribution in [-0.4, -0.2) is 42.6 Å². The van der Waals surface area contributed by atoms with Crippen LogP contribution in [0.25, 0.3) is 11.0 Å². The zero-order chi connectivity index (χ0) is 14.1. The molecule has 0 saturated carbocycles. The van der Waals surface area contributed by atoms with E-state index in [1.165, 1.54) is 30.0 Å². The SMILES string of the molecule is c1ccc2oc(C3NNCC3CN3CCSCC3)cc2c1. The molecule has 0 spiro atoms. The fraction of sp³-hybridized carbons (Fsp3) is 0.500. The summed E-state index contributed by atoms with van der Waals surface area (Å²) in [6.45, 7) is 4.58. The van der Waals surface area contributed by atoms with Crippen LogP contribution in [0.4, 0.5) is 0 Å². The van der Waals surface area contributed by atoms with E-state index in [1.807, 2.05) is 12.1 Å². The highest BCUT2D eigenvalue weighted by molar-refractivity contribution is 7.99. The Hall–Kier alpha value is -1.01. The molecule has 2 atom stereocenters. The van der Waals surface area contributed by atoms with Crippen molar-refractivity contribution in [1.82, 2.24) is 15.8 Å². The zero-order valence-electron chi connectivity index (χ0n) is 12.0. The third-order valence-electron chi connectivity index (χ3n) is 4.44. The Labute approximate surface area is 129 Å².